The Bertz CT molecular complexity index is 1560. The second-order valence-electron chi connectivity index (χ2n) is 9.96. The van der Waals surface area contributed by atoms with Crippen LogP contribution in [0.5, 0.6) is 5.75 Å². The number of hydrogen-bond acceptors (Lipinski definition) is 5. The molecule has 0 radical (unpaired) electrons. The maximum absolute atomic E-state index is 13.9. The minimum absolute atomic E-state index is 0.128. The molecule has 8 heteroatoms. The van der Waals surface area contributed by atoms with Crippen molar-refractivity contribution in [1.29, 1.82) is 0 Å². The normalized spacial score (nSPS) is 13.8. The lowest BCUT2D eigenvalue weighted by molar-refractivity contribution is 0.526. The number of nitrogens with zero attached hydrogens (tertiary/aromatic N) is 2. The molecule has 0 spiro atoms. The molecule has 0 fully saturated rings. The van der Waals surface area contributed by atoms with Crippen molar-refractivity contribution in [2.75, 3.05) is 18.0 Å². The van der Waals surface area contributed by atoms with E-state index < -0.39 is 22.5 Å². The Balaban J connectivity index is 1.95. The summed E-state index contributed by atoms with van der Waals surface area (Å²) in [5.41, 5.74) is 1.44. The quantitative estimate of drug-likeness (QED) is 0.216. The fourth-order valence-electron chi connectivity index (χ4n) is 4.28. The summed E-state index contributed by atoms with van der Waals surface area (Å²) in [7, 11) is -7.40. The van der Waals surface area contributed by atoms with Crippen LogP contribution in [0.15, 0.2) is 92.3 Å². The monoisotopic (exact) mass is 538 g/mol. The average Bonchev–Trinajstić information content (AvgIpc) is 3.30. The molecule has 0 aliphatic carbocycles. The van der Waals surface area contributed by atoms with Crippen molar-refractivity contribution in [3.05, 3.63) is 84.6 Å². The Morgan fingerprint density at radius 1 is 0.892 bits per heavy atom. The molecule has 0 aliphatic heterocycles. The molecule has 0 unspecified atom stereocenters. The zero-order valence-electron chi connectivity index (χ0n) is 22.3. The average molecular weight is 539 g/mol. The van der Waals surface area contributed by atoms with Crippen LogP contribution in [-0.2, 0) is 10.0 Å². The number of benzene rings is 3. The van der Waals surface area contributed by atoms with E-state index >= 15 is 0 Å². The molecular formula is C29H35N2O4PS. The molecule has 0 N–H and O–H groups in total. The number of rotatable bonds is 8. The molecular weight excluding hydrogens is 503 g/mol. The van der Waals surface area contributed by atoms with Crippen LogP contribution in [0.2, 0.25) is 0 Å². The van der Waals surface area contributed by atoms with Gasteiger partial charge in [-0.15, -0.1) is 4.15 Å². The van der Waals surface area contributed by atoms with Gasteiger partial charge >= 0.3 is 0 Å². The van der Waals surface area contributed by atoms with E-state index in [2.05, 4.69) is 22.9 Å². The van der Waals surface area contributed by atoms with Gasteiger partial charge in [-0.05, 0) is 67.9 Å². The Kier molecular flexibility index (Phi) is 7.59. The maximum Gasteiger partial charge on any atom is 0.284 e. The topological polar surface area (TPSA) is 72.1 Å². The first-order chi connectivity index (χ1) is 17.5. The molecule has 0 bridgehead atoms. The van der Waals surface area contributed by atoms with Gasteiger partial charge in [0.2, 0.25) is 7.28 Å². The zero-order valence-corrected chi connectivity index (χ0v) is 24.0. The Hall–Kier alpha value is -3.02. The molecule has 3 aromatic carbocycles. The highest BCUT2D eigenvalue weighted by atomic mass is 32.2. The second-order valence-corrected chi connectivity index (χ2v) is 15.1. The lowest BCUT2D eigenvalue weighted by Gasteiger charge is -2.34. The van der Waals surface area contributed by atoms with Crippen molar-refractivity contribution in [3.8, 4) is 5.75 Å². The van der Waals surface area contributed by atoms with Crippen molar-refractivity contribution in [2.24, 2.45) is 4.15 Å². The summed E-state index contributed by atoms with van der Waals surface area (Å²) in [5.74, 6) is 1.22. The summed E-state index contributed by atoms with van der Waals surface area (Å²) < 4.78 is 45.3. The lowest BCUT2D eigenvalue weighted by atomic mass is 10.1. The van der Waals surface area contributed by atoms with Crippen molar-refractivity contribution in [1.82, 2.24) is 0 Å². The van der Waals surface area contributed by atoms with Crippen molar-refractivity contribution in [3.63, 3.8) is 0 Å². The van der Waals surface area contributed by atoms with E-state index in [0.717, 1.165) is 29.5 Å². The molecule has 1 atom stereocenters. The summed E-state index contributed by atoms with van der Waals surface area (Å²) in [6, 6.07) is 24.1. The van der Waals surface area contributed by atoms with Crippen molar-refractivity contribution in [2.45, 2.75) is 51.6 Å². The van der Waals surface area contributed by atoms with Crippen LogP contribution in [0.4, 0.5) is 5.69 Å². The summed E-state index contributed by atoms with van der Waals surface area (Å²) >= 11 is 0. The fraction of sp³-hybridized carbons (Fsp3) is 0.310. The summed E-state index contributed by atoms with van der Waals surface area (Å²) in [6.45, 7) is 13.6. The van der Waals surface area contributed by atoms with Crippen LogP contribution in [0.3, 0.4) is 0 Å². The van der Waals surface area contributed by atoms with Gasteiger partial charge in [0.25, 0.3) is 10.0 Å². The van der Waals surface area contributed by atoms with Crippen LogP contribution in [0.1, 0.15) is 40.4 Å². The van der Waals surface area contributed by atoms with Crippen molar-refractivity contribution >= 4 is 39.3 Å². The van der Waals surface area contributed by atoms with E-state index in [9.17, 15) is 8.42 Å². The highest BCUT2D eigenvalue weighted by Gasteiger charge is 2.44. The number of hydrogen-bond donors (Lipinski definition) is 0. The zero-order chi connectivity index (χ0) is 26.8. The van der Waals surface area contributed by atoms with E-state index in [-0.39, 0.29) is 4.90 Å². The van der Waals surface area contributed by atoms with Gasteiger partial charge in [0.05, 0.1) is 4.90 Å². The molecule has 1 aromatic heterocycles. The molecule has 4 aromatic rings. The number of furan rings is 1. The third-order valence-corrected chi connectivity index (χ3v) is 12.1. The van der Waals surface area contributed by atoms with E-state index in [1.54, 1.807) is 24.3 Å². The number of fused-ring (bicyclic) bond motifs is 1. The summed E-state index contributed by atoms with van der Waals surface area (Å²) in [5, 5.41) is 1.11. The molecule has 0 saturated carbocycles. The van der Waals surface area contributed by atoms with Gasteiger partial charge in [0, 0.05) is 30.0 Å². The third-order valence-electron chi connectivity index (χ3n) is 6.36. The highest BCUT2D eigenvalue weighted by molar-refractivity contribution is 7.95. The van der Waals surface area contributed by atoms with E-state index in [1.807, 2.05) is 82.3 Å². The van der Waals surface area contributed by atoms with Gasteiger partial charge in [0.15, 0.2) is 5.50 Å². The van der Waals surface area contributed by atoms with Crippen molar-refractivity contribution < 1.29 is 17.4 Å². The molecule has 37 heavy (non-hydrogen) atoms. The van der Waals surface area contributed by atoms with Crippen LogP contribution in [0.25, 0.3) is 10.8 Å². The standard InChI is InChI=1S/C29H35N2O4PS/c1-7-31(8-2)25-14-11-15-26(21-25)35-36(29(4,5)6,28-19-16-22(3)34-28)30-37(32,33)27-18-17-23-12-9-10-13-24(23)20-27/h9-21H,7-8H2,1-6H3/t36-/m1/s1. The minimum atomic E-state index is -4.11. The number of anilines is 1. The largest absolute Gasteiger partial charge is 0.457 e. The van der Waals surface area contributed by atoms with Crippen LogP contribution >= 0.6 is 7.28 Å². The number of sulfonamides is 1. The third kappa shape index (κ3) is 5.48. The molecule has 0 aliphatic rings. The summed E-state index contributed by atoms with van der Waals surface area (Å²) in [6.07, 6.45) is 0. The lowest BCUT2D eigenvalue weighted by Crippen LogP contribution is -2.27. The fourth-order valence-corrected chi connectivity index (χ4v) is 9.81. The molecule has 0 amide bonds. The highest BCUT2D eigenvalue weighted by Crippen LogP contribution is 2.61. The van der Waals surface area contributed by atoms with Gasteiger partial charge in [-0.1, -0.05) is 57.2 Å². The molecule has 1 heterocycles. The smallest absolute Gasteiger partial charge is 0.284 e. The molecule has 196 valence electrons. The Morgan fingerprint density at radius 2 is 1.59 bits per heavy atom. The van der Waals surface area contributed by atoms with Gasteiger partial charge in [0.1, 0.15) is 11.5 Å². The maximum atomic E-state index is 13.9. The Morgan fingerprint density at radius 3 is 2.22 bits per heavy atom. The molecule has 0 saturated heterocycles. The minimum Gasteiger partial charge on any atom is -0.457 e. The second kappa shape index (κ2) is 10.4. The first kappa shape index (κ1) is 27.0. The first-order valence-electron chi connectivity index (χ1n) is 12.5. The number of aryl methyl sites for hydroxylation is 1. The predicted octanol–water partition coefficient (Wildman–Crippen LogP) is 7.60. The molecule has 6 nitrogen and oxygen atoms in total. The van der Waals surface area contributed by atoms with Gasteiger partial charge < -0.3 is 13.8 Å². The summed E-state index contributed by atoms with van der Waals surface area (Å²) in [4.78, 5) is 2.34. The van der Waals surface area contributed by atoms with Crippen LogP contribution in [0, 0.1) is 6.92 Å². The SMILES string of the molecule is CCN(CC)c1cccc(O[P@](=NS(=O)(=O)c2ccc3ccccc3c2)(c2ccc(C)o2)C(C)(C)C)c1. The molecule has 4 rings (SSSR count). The predicted molar refractivity (Wildman–Crippen MR) is 154 cm³/mol. The Labute approximate surface area is 220 Å². The van der Waals surface area contributed by atoms with E-state index in [1.165, 1.54) is 0 Å². The van der Waals surface area contributed by atoms with Crippen LogP contribution < -0.4 is 14.9 Å². The van der Waals surface area contributed by atoms with Gasteiger partial charge in [-0.3, -0.25) is 0 Å². The van der Waals surface area contributed by atoms with E-state index in [4.69, 9.17) is 8.94 Å². The van der Waals surface area contributed by atoms with Gasteiger partial charge in [-0.2, -0.15) is 8.42 Å². The van der Waals surface area contributed by atoms with Crippen LogP contribution in [-0.4, -0.2) is 26.7 Å². The van der Waals surface area contributed by atoms with Gasteiger partial charge in [-0.25, -0.2) is 0 Å². The first-order valence-corrected chi connectivity index (χ1v) is 15.6. The van der Waals surface area contributed by atoms with E-state index in [0.29, 0.717) is 17.0 Å².